The minimum Gasteiger partial charge on any atom is -0.481 e. The first-order valence-corrected chi connectivity index (χ1v) is 7.91. The summed E-state index contributed by atoms with van der Waals surface area (Å²) in [4.78, 5) is 27.1. The Hall–Kier alpha value is -1.26. The molecule has 0 aromatic carbocycles. The van der Waals surface area contributed by atoms with E-state index in [1.807, 2.05) is 25.7 Å². The average Bonchev–Trinajstić information content (AvgIpc) is 2.36. The van der Waals surface area contributed by atoms with Gasteiger partial charge in [0.1, 0.15) is 0 Å². The van der Waals surface area contributed by atoms with Crippen LogP contribution in [0.1, 0.15) is 53.9 Å². The van der Waals surface area contributed by atoms with Gasteiger partial charge in [0.05, 0.1) is 6.42 Å². The third-order valence-corrected chi connectivity index (χ3v) is 4.34. The van der Waals surface area contributed by atoms with Gasteiger partial charge in [0.25, 0.3) is 0 Å². The van der Waals surface area contributed by atoms with Gasteiger partial charge in [0, 0.05) is 25.2 Å². The molecule has 2 amide bonds. The number of hydrogen-bond acceptors (Lipinski definition) is 2. The zero-order valence-corrected chi connectivity index (χ0v) is 14.1. The molecule has 0 aromatic heterocycles. The molecule has 0 aliphatic carbocycles. The number of carboxylic acid groups (broad SMARTS) is 1. The normalized spacial score (nSPS) is 17.1. The summed E-state index contributed by atoms with van der Waals surface area (Å²) < 4.78 is 0. The fourth-order valence-corrected chi connectivity index (χ4v) is 2.85. The molecule has 5 heteroatoms. The first kappa shape index (κ1) is 17.8. The smallest absolute Gasteiger partial charge is 0.320 e. The number of carbonyl (C=O) groups excluding carboxylic acids is 1. The molecule has 0 unspecified atom stereocenters. The van der Waals surface area contributed by atoms with Crippen LogP contribution < -0.4 is 0 Å². The van der Waals surface area contributed by atoms with Crippen LogP contribution in [0, 0.1) is 11.8 Å². The largest absolute Gasteiger partial charge is 0.481 e. The first-order chi connectivity index (χ1) is 9.62. The molecule has 1 saturated heterocycles. The van der Waals surface area contributed by atoms with Gasteiger partial charge >= 0.3 is 12.0 Å². The molecule has 0 spiro atoms. The minimum absolute atomic E-state index is 0.00846. The van der Waals surface area contributed by atoms with E-state index >= 15 is 0 Å². The van der Waals surface area contributed by atoms with Crippen molar-refractivity contribution in [3.05, 3.63) is 0 Å². The molecule has 21 heavy (non-hydrogen) atoms. The van der Waals surface area contributed by atoms with Crippen LogP contribution >= 0.6 is 0 Å². The summed E-state index contributed by atoms with van der Waals surface area (Å²) in [5, 5.41) is 8.86. The van der Waals surface area contributed by atoms with E-state index in [9.17, 15) is 9.59 Å². The lowest BCUT2D eigenvalue weighted by molar-refractivity contribution is -0.137. The van der Waals surface area contributed by atoms with Crippen molar-refractivity contribution >= 4 is 12.0 Å². The van der Waals surface area contributed by atoms with Crippen molar-refractivity contribution in [1.82, 2.24) is 9.80 Å². The maximum absolute atomic E-state index is 12.7. The SMILES string of the molecule is CC(C)C1CCN(C(=O)N(CCC(=O)O)C(C)(C)C)CC1. The van der Waals surface area contributed by atoms with Crippen molar-refractivity contribution in [2.45, 2.75) is 59.4 Å². The Labute approximate surface area is 128 Å². The molecule has 1 heterocycles. The Kier molecular flexibility index (Phi) is 6.05. The van der Waals surface area contributed by atoms with Crippen LogP contribution in [0.4, 0.5) is 4.79 Å². The number of carbonyl (C=O) groups is 2. The van der Waals surface area contributed by atoms with Crippen LogP contribution in [0.15, 0.2) is 0 Å². The molecular weight excluding hydrogens is 268 g/mol. The third-order valence-electron chi connectivity index (χ3n) is 4.34. The third kappa shape index (κ3) is 5.21. The number of rotatable bonds is 4. The number of nitrogens with zero attached hydrogens (tertiary/aromatic N) is 2. The summed E-state index contributed by atoms with van der Waals surface area (Å²) in [7, 11) is 0. The summed E-state index contributed by atoms with van der Waals surface area (Å²) >= 11 is 0. The van der Waals surface area contributed by atoms with Gasteiger partial charge in [-0.25, -0.2) is 4.79 Å². The maximum atomic E-state index is 12.7. The summed E-state index contributed by atoms with van der Waals surface area (Å²) in [5.41, 5.74) is -0.360. The summed E-state index contributed by atoms with van der Waals surface area (Å²) in [6, 6.07) is -0.0223. The van der Waals surface area contributed by atoms with Crippen molar-refractivity contribution in [1.29, 1.82) is 0 Å². The minimum atomic E-state index is -0.865. The van der Waals surface area contributed by atoms with Gasteiger partial charge in [-0.2, -0.15) is 0 Å². The Bertz CT molecular complexity index is 366. The monoisotopic (exact) mass is 298 g/mol. The fourth-order valence-electron chi connectivity index (χ4n) is 2.85. The Morgan fingerprint density at radius 2 is 1.76 bits per heavy atom. The second kappa shape index (κ2) is 7.14. The Balaban J connectivity index is 2.67. The predicted molar refractivity (Wildman–Crippen MR) is 83.2 cm³/mol. The molecule has 0 radical (unpaired) electrons. The van der Waals surface area contributed by atoms with Gasteiger partial charge in [0.15, 0.2) is 0 Å². The lowest BCUT2D eigenvalue weighted by Gasteiger charge is -2.42. The van der Waals surface area contributed by atoms with Crippen molar-refractivity contribution in [3.63, 3.8) is 0 Å². The van der Waals surface area contributed by atoms with Gasteiger partial charge in [0.2, 0.25) is 0 Å². The lowest BCUT2D eigenvalue weighted by atomic mass is 9.87. The zero-order valence-electron chi connectivity index (χ0n) is 14.1. The molecular formula is C16H30N2O3. The zero-order chi connectivity index (χ0) is 16.2. The van der Waals surface area contributed by atoms with E-state index in [0.29, 0.717) is 11.8 Å². The molecule has 1 aliphatic rings. The molecule has 0 bridgehead atoms. The predicted octanol–water partition coefficient (Wildman–Crippen LogP) is 3.05. The van der Waals surface area contributed by atoms with Crippen molar-refractivity contribution < 1.29 is 14.7 Å². The molecule has 5 nitrogen and oxygen atoms in total. The highest BCUT2D eigenvalue weighted by Gasteiger charge is 2.32. The van der Waals surface area contributed by atoms with Gasteiger partial charge in [-0.1, -0.05) is 13.8 Å². The van der Waals surface area contributed by atoms with E-state index < -0.39 is 5.97 Å². The van der Waals surface area contributed by atoms with Crippen LogP contribution in [0.5, 0.6) is 0 Å². The Morgan fingerprint density at radius 3 is 2.14 bits per heavy atom. The number of aliphatic carboxylic acids is 1. The number of carboxylic acids is 1. The Morgan fingerprint density at radius 1 is 1.24 bits per heavy atom. The maximum Gasteiger partial charge on any atom is 0.320 e. The van der Waals surface area contributed by atoms with Crippen molar-refractivity contribution in [2.75, 3.05) is 19.6 Å². The average molecular weight is 298 g/mol. The molecule has 0 aromatic rings. The molecule has 1 aliphatic heterocycles. The van der Waals surface area contributed by atoms with Crippen LogP contribution in [-0.4, -0.2) is 52.1 Å². The number of amides is 2. The van der Waals surface area contributed by atoms with Gasteiger partial charge in [-0.3, -0.25) is 4.79 Å². The van der Waals surface area contributed by atoms with E-state index in [1.54, 1.807) is 4.90 Å². The number of piperidine rings is 1. The molecule has 122 valence electrons. The number of hydrogen-bond donors (Lipinski definition) is 1. The summed E-state index contributed by atoms with van der Waals surface area (Å²) in [6.07, 6.45) is 2.08. The quantitative estimate of drug-likeness (QED) is 0.867. The van der Waals surface area contributed by atoms with Crippen LogP contribution in [0.3, 0.4) is 0 Å². The van der Waals surface area contributed by atoms with Gasteiger partial charge < -0.3 is 14.9 Å². The van der Waals surface area contributed by atoms with Crippen LogP contribution in [0.2, 0.25) is 0 Å². The van der Waals surface area contributed by atoms with E-state index in [4.69, 9.17) is 5.11 Å². The number of urea groups is 1. The first-order valence-electron chi connectivity index (χ1n) is 7.91. The van der Waals surface area contributed by atoms with Gasteiger partial charge in [-0.15, -0.1) is 0 Å². The fraction of sp³-hybridized carbons (Fsp3) is 0.875. The van der Waals surface area contributed by atoms with Crippen molar-refractivity contribution in [2.24, 2.45) is 11.8 Å². The van der Waals surface area contributed by atoms with Gasteiger partial charge in [-0.05, 0) is 45.4 Å². The summed E-state index contributed by atoms with van der Waals surface area (Å²) in [5.74, 6) is 0.486. The highest BCUT2D eigenvalue weighted by atomic mass is 16.4. The standard InChI is InChI=1S/C16H30N2O3/c1-12(2)13-6-9-17(10-7-13)15(21)18(16(3,4)5)11-8-14(19)20/h12-13H,6-11H2,1-5H3,(H,19,20). The molecule has 1 rings (SSSR count). The summed E-state index contributed by atoms with van der Waals surface area (Å²) in [6.45, 7) is 12.1. The second-order valence-corrected chi connectivity index (χ2v) is 7.32. The van der Waals surface area contributed by atoms with Crippen LogP contribution in [-0.2, 0) is 4.79 Å². The molecule has 0 saturated carbocycles. The van der Waals surface area contributed by atoms with E-state index in [-0.39, 0.29) is 24.5 Å². The lowest BCUT2D eigenvalue weighted by Crippen LogP contribution is -2.54. The highest BCUT2D eigenvalue weighted by Crippen LogP contribution is 2.26. The highest BCUT2D eigenvalue weighted by molar-refractivity contribution is 5.76. The van der Waals surface area contributed by atoms with E-state index in [2.05, 4.69) is 13.8 Å². The van der Waals surface area contributed by atoms with E-state index in [1.165, 1.54) is 0 Å². The van der Waals surface area contributed by atoms with E-state index in [0.717, 1.165) is 25.9 Å². The molecule has 1 fully saturated rings. The molecule has 0 atom stereocenters. The van der Waals surface area contributed by atoms with Crippen LogP contribution in [0.25, 0.3) is 0 Å². The molecule has 1 N–H and O–H groups in total. The van der Waals surface area contributed by atoms with Crippen molar-refractivity contribution in [3.8, 4) is 0 Å². The second-order valence-electron chi connectivity index (χ2n) is 7.32. The topological polar surface area (TPSA) is 60.9 Å². The number of likely N-dealkylation sites (tertiary alicyclic amines) is 1.